The van der Waals surface area contributed by atoms with Crippen molar-refractivity contribution in [2.24, 2.45) is 5.92 Å². The quantitative estimate of drug-likeness (QED) is 0.751. The fraction of sp³-hybridized carbons (Fsp3) is 0.667. The average molecular weight is 292 g/mol. The standard InChI is InChI=1S/C18H32N2O/c1-7-12-19-18(13-20(5)15(4)14(2)3)16-8-10-17(21-6)11-9-16/h8-11,14-15,18-19H,7,12-13H2,1-6H3. The SMILES string of the molecule is CCCNC(CN(C)C(C)C(C)C)c1ccc(OC)cc1. The first-order valence-corrected chi connectivity index (χ1v) is 8.07. The van der Waals surface area contributed by atoms with E-state index in [1.54, 1.807) is 7.11 Å². The van der Waals surface area contributed by atoms with Gasteiger partial charge in [0, 0.05) is 18.6 Å². The van der Waals surface area contributed by atoms with E-state index in [-0.39, 0.29) is 0 Å². The third-order valence-electron chi connectivity index (χ3n) is 4.29. The van der Waals surface area contributed by atoms with Crippen molar-refractivity contribution in [2.45, 2.75) is 46.2 Å². The Bertz CT molecular complexity index is 389. The predicted molar refractivity (Wildman–Crippen MR) is 91.0 cm³/mol. The van der Waals surface area contributed by atoms with Gasteiger partial charge >= 0.3 is 0 Å². The molecule has 0 aliphatic rings. The van der Waals surface area contributed by atoms with Crippen molar-refractivity contribution in [1.82, 2.24) is 10.2 Å². The largest absolute Gasteiger partial charge is 0.497 e. The number of hydrogen-bond acceptors (Lipinski definition) is 3. The third-order valence-corrected chi connectivity index (χ3v) is 4.29. The van der Waals surface area contributed by atoms with Gasteiger partial charge in [0.1, 0.15) is 5.75 Å². The van der Waals surface area contributed by atoms with E-state index >= 15 is 0 Å². The van der Waals surface area contributed by atoms with Gasteiger partial charge in [0.15, 0.2) is 0 Å². The van der Waals surface area contributed by atoms with E-state index in [9.17, 15) is 0 Å². The lowest BCUT2D eigenvalue weighted by Gasteiger charge is -2.32. The van der Waals surface area contributed by atoms with Crippen molar-refractivity contribution in [3.8, 4) is 5.75 Å². The molecule has 0 bridgehead atoms. The number of rotatable bonds is 9. The molecule has 0 saturated heterocycles. The Balaban J connectivity index is 2.78. The molecule has 3 heteroatoms. The highest BCUT2D eigenvalue weighted by molar-refractivity contribution is 5.29. The summed E-state index contributed by atoms with van der Waals surface area (Å²) in [7, 11) is 3.93. The topological polar surface area (TPSA) is 24.5 Å². The zero-order valence-corrected chi connectivity index (χ0v) is 14.5. The van der Waals surface area contributed by atoms with E-state index in [0.29, 0.717) is 18.0 Å². The average Bonchev–Trinajstić information content (AvgIpc) is 2.50. The van der Waals surface area contributed by atoms with Crippen LogP contribution in [-0.2, 0) is 0 Å². The van der Waals surface area contributed by atoms with Crippen molar-refractivity contribution in [3.05, 3.63) is 29.8 Å². The molecule has 0 aromatic heterocycles. The number of hydrogen-bond donors (Lipinski definition) is 1. The summed E-state index contributed by atoms with van der Waals surface area (Å²) >= 11 is 0. The zero-order valence-electron chi connectivity index (χ0n) is 14.5. The summed E-state index contributed by atoms with van der Waals surface area (Å²) in [5.41, 5.74) is 1.33. The van der Waals surface area contributed by atoms with Crippen molar-refractivity contribution < 1.29 is 4.74 Å². The molecular weight excluding hydrogens is 260 g/mol. The summed E-state index contributed by atoms with van der Waals surface area (Å²) in [6, 6.07) is 9.36. The van der Waals surface area contributed by atoms with Crippen molar-refractivity contribution in [2.75, 3.05) is 27.2 Å². The van der Waals surface area contributed by atoms with Gasteiger partial charge < -0.3 is 15.0 Å². The molecule has 1 N–H and O–H groups in total. The molecule has 0 amide bonds. The van der Waals surface area contributed by atoms with Crippen LogP contribution in [0.2, 0.25) is 0 Å². The molecule has 0 radical (unpaired) electrons. The van der Waals surface area contributed by atoms with E-state index in [1.807, 2.05) is 12.1 Å². The second-order valence-corrected chi connectivity index (χ2v) is 6.20. The summed E-state index contributed by atoms with van der Waals surface area (Å²) in [6.45, 7) is 11.1. The summed E-state index contributed by atoms with van der Waals surface area (Å²) in [5.74, 6) is 1.58. The molecular formula is C18H32N2O. The smallest absolute Gasteiger partial charge is 0.118 e. The van der Waals surface area contributed by atoms with Gasteiger partial charge in [-0.3, -0.25) is 0 Å². The highest BCUT2D eigenvalue weighted by Gasteiger charge is 2.18. The van der Waals surface area contributed by atoms with Gasteiger partial charge in [0.25, 0.3) is 0 Å². The highest BCUT2D eigenvalue weighted by atomic mass is 16.5. The Hall–Kier alpha value is -1.06. The number of nitrogens with one attached hydrogen (secondary N) is 1. The van der Waals surface area contributed by atoms with Gasteiger partial charge in [0.05, 0.1) is 7.11 Å². The van der Waals surface area contributed by atoms with Crippen LogP contribution in [0.5, 0.6) is 5.75 Å². The lowest BCUT2D eigenvalue weighted by Crippen LogP contribution is -2.40. The first kappa shape index (κ1) is 18.0. The van der Waals surface area contributed by atoms with Crippen LogP contribution in [0.1, 0.15) is 45.7 Å². The maximum absolute atomic E-state index is 5.25. The van der Waals surface area contributed by atoms with Crippen molar-refractivity contribution in [3.63, 3.8) is 0 Å². The molecule has 1 rings (SSSR count). The molecule has 2 unspecified atom stereocenters. The van der Waals surface area contributed by atoms with Gasteiger partial charge in [0.2, 0.25) is 0 Å². The van der Waals surface area contributed by atoms with Crippen LogP contribution in [0.3, 0.4) is 0 Å². The van der Waals surface area contributed by atoms with E-state index in [0.717, 1.165) is 25.3 Å². The Morgan fingerprint density at radius 2 is 1.76 bits per heavy atom. The minimum Gasteiger partial charge on any atom is -0.497 e. The van der Waals surface area contributed by atoms with Crippen molar-refractivity contribution in [1.29, 1.82) is 0 Å². The molecule has 2 atom stereocenters. The number of ether oxygens (including phenoxy) is 1. The van der Waals surface area contributed by atoms with Crippen molar-refractivity contribution >= 4 is 0 Å². The lowest BCUT2D eigenvalue weighted by atomic mass is 10.0. The Labute approximate surface area is 130 Å². The van der Waals surface area contributed by atoms with Crippen LogP contribution in [0.4, 0.5) is 0 Å². The molecule has 21 heavy (non-hydrogen) atoms. The van der Waals surface area contributed by atoms with E-state index in [1.165, 1.54) is 5.56 Å². The molecule has 1 aromatic carbocycles. The number of methoxy groups -OCH3 is 1. The maximum Gasteiger partial charge on any atom is 0.118 e. The van der Waals surface area contributed by atoms with Crippen LogP contribution in [0, 0.1) is 5.92 Å². The zero-order chi connectivity index (χ0) is 15.8. The minimum absolute atomic E-state index is 0.363. The second kappa shape index (κ2) is 9.06. The summed E-state index contributed by atoms with van der Waals surface area (Å²) in [4.78, 5) is 2.45. The van der Waals surface area contributed by atoms with Crippen LogP contribution in [-0.4, -0.2) is 38.2 Å². The Kier molecular flexibility index (Phi) is 7.76. The first-order valence-electron chi connectivity index (χ1n) is 8.07. The normalized spacial score (nSPS) is 14.5. The fourth-order valence-electron chi connectivity index (χ4n) is 2.41. The fourth-order valence-corrected chi connectivity index (χ4v) is 2.41. The summed E-state index contributed by atoms with van der Waals surface area (Å²) < 4.78 is 5.25. The van der Waals surface area contributed by atoms with Gasteiger partial charge in [-0.25, -0.2) is 0 Å². The van der Waals surface area contributed by atoms with Gasteiger partial charge in [-0.2, -0.15) is 0 Å². The number of benzene rings is 1. The summed E-state index contributed by atoms with van der Waals surface area (Å²) in [6.07, 6.45) is 1.15. The van der Waals surface area contributed by atoms with Gasteiger partial charge in [-0.15, -0.1) is 0 Å². The molecule has 1 aromatic rings. The van der Waals surface area contributed by atoms with Crippen LogP contribution in [0.15, 0.2) is 24.3 Å². The Morgan fingerprint density at radius 1 is 1.14 bits per heavy atom. The molecule has 0 fully saturated rings. The molecule has 0 heterocycles. The molecule has 0 aliphatic carbocycles. The van der Waals surface area contributed by atoms with E-state index < -0.39 is 0 Å². The van der Waals surface area contributed by atoms with Gasteiger partial charge in [-0.05, 0) is 50.6 Å². The molecule has 3 nitrogen and oxygen atoms in total. The van der Waals surface area contributed by atoms with E-state index in [4.69, 9.17) is 4.74 Å². The summed E-state index contributed by atoms with van der Waals surface area (Å²) in [5, 5.41) is 3.67. The molecule has 0 spiro atoms. The molecule has 0 aliphatic heterocycles. The molecule has 0 saturated carbocycles. The third kappa shape index (κ3) is 5.68. The molecule has 120 valence electrons. The minimum atomic E-state index is 0.363. The van der Waals surface area contributed by atoms with Crippen LogP contribution >= 0.6 is 0 Å². The van der Waals surface area contributed by atoms with Gasteiger partial charge in [-0.1, -0.05) is 32.9 Å². The second-order valence-electron chi connectivity index (χ2n) is 6.20. The van der Waals surface area contributed by atoms with Crippen LogP contribution < -0.4 is 10.1 Å². The predicted octanol–water partition coefficient (Wildman–Crippen LogP) is 3.71. The highest BCUT2D eigenvalue weighted by Crippen LogP contribution is 2.20. The first-order chi connectivity index (χ1) is 9.99. The van der Waals surface area contributed by atoms with E-state index in [2.05, 4.69) is 57.1 Å². The maximum atomic E-state index is 5.25. The monoisotopic (exact) mass is 292 g/mol. The number of likely N-dealkylation sites (N-methyl/N-ethyl adjacent to an activating group) is 1. The van der Waals surface area contributed by atoms with Crippen LogP contribution in [0.25, 0.3) is 0 Å². The number of nitrogens with zero attached hydrogens (tertiary/aromatic N) is 1. The lowest BCUT2D eigenvalue weighted by molar-refractivity contribution is 0.188. The Morgan fingerprint density at radius 3 is 2.24 bits per heavy atom.